The second-order valence-corrected chi connectivity index (χ2v) is 5.85. The number of carbonyl (C=O) groups is 2. The van der Waals surface area contributed by atoms with Gasteiger partial charge >= 0.3 is 6.03 Å². The molecule has 1 aliphatic carbocycles. The van der Waals surface area contributed by atoms with Crippen LogP contribution in [0, 0.1) is 5.92 Å². The Morgan fingerprint density at radius 1 is 1.14 bits per heavy atom. The lowest BCUT2D eigenvalue weighted by molar-refractivity contribution is -0.116. The molecule has 3 amide bonds. The summed E-state index contributed by atoms with van der Waals surface area (Å²) in [6.45, 7) is 3.80. The van der Waals surface area contributed by atoms with Gasteiger partial charge in [-0.05, 0) is 56.9 Å². The second kappa shape index (κ2) is 7.64. The van der Waals surface area contributed by atoms with E-state index in [2.05, 4.69) is 28.1 Å². The van der Waals surface area contributed by atoms with Crippen LogP contribution < -0.4 is 16.0 Å². The van der Waals surface area contributed by atoms with Crippen molar-refractivity contribution < 1.29 is 9.59 Å². The maximum absolute atomic E-state index is 11.9. The van der Waals surface area contributed by atoms with Gasteiger partial charge in [0.05, 0.1) is 0 Å². The first-order valence-corrected chi connectivity index (χ1v) is 7.67. The molecule has 1 unspecified atom stereocenters. The molecule has 0 saturated heterocycles. The van der Waals surface area contributed by atoms with Crippen LogP contribution in [-0.4, -0.2) is 18.0 Å². The van der Waals surface area contributed by atoms with E-state index in [9.17, 15) is 9.59 Å². The Labute approximate surface area is 131 Å². The third-order valence-electron chi connectivity index (χ3n) is 3.41. The summed E-state index contributed by atoms with van der Waals surface area (Å²) in [6.07, 6.45) is 6.88. The van der Waals surface area contributed by atoms with Gasteiger partial charge in [0.2, 0.25) is 5.91 Å². The quantitative estimate of drug-likeness (QED) is 0.728. The lowest BCUT2D eigenvalue weighted by Gasteiger charge is -2.11. The number of carbonyl (C=O) groups excluding carboxylic acids is 2. The van der Waals surface area contributed by atoms with E-state index in [4.69, 9.17) is 0 Å². The maximum atomic E-state index is 11.9. The molecule has 1 aromatic carbocycles. The highest BCUT2D eigenvalue weighted by Crippen LogP contribution is 2.21. The van der Waals surface area contributed by atoms with Gasteiger partial charge in [-0.2, -0.15) is 0 Å². The molecule has 0 saturated carbocycles. The van der Waals surface area contributed by atoms with E-state index in [0.717, 1.165) is 18.5 Å². The van der Waals surface area contributed by atoms with Crippen LogP contribution in [0.1, 0.15) is 33.1 Å². The van der Waals surface area contributed by atoms with Crippen LogP contribution in [0.2, 0.25) is 0 Å². The van der Waals surface area contributed by atoms with Gasteiger partial charge in [0.1, 0.15) is 0 Å². The predicted molar refractivity (Wildman–Crippen MR) is 88.8 cm³/mol. The standard InChI is InChI=1S/C17H23N3O2/c1-12(2)18-17(22)20-15-9-7-14(8-10-15)19-16(21)11-13-5-3-4-6-13/h3,5,7-10,12-13H,4,6,11H2,1-2H3,(H,19,21)(H2,18,20,22). The molecule has 0 aliphatic heterocycles. The van der Waals surface area contributed by atoms with Gasteiger partial charge in [0, 0.05) is 23.8 Å². The molecule has 118 valence electrons. The summed E-state index contributed by atoms with van der Waals surface area (Å²) >= 11 is 0. The number of allylic oxidation sites excluding steroid dienone is 2. The zero-order chi connectivity index (χ0) is 15.9. The number of anilines is 2. The molecule has 2 rings (SSSR count). The maximum Gasteiger partial charge on any atom is 0.319 e. The second-order valence-electron chi connectivity index (χ2n) is 5.85. The summed E-state index contributed by atoms with van der Waals surface area (Å²) in [7, 11) is 0. The van der Waals surface area contributed by atoms with Gasteiger partial charge in [0.15, 0.2) is 0 Å². The van der Waals surface area contributed by atoms with Crippen molar-refractivity contribution in [1.29, 1.82) is 0 Å². The number of urea groups is 1. The number of amides is 3. The van der Waals surface area contributed by atoms with Crippen molar-refractivity contribution in [2.24, 2.45) is 5.92 Å². The molecule has 1 atom stereocenters. The summed E-state index contributed by atoms with van der Waals surface area (Å²) in [5.74, 6) is 0.385. The number of hydrogen-bond donors (Lipinski definition) is 3. The van der Waals surface area contributed by atoms with Crippen molar-refractivity contribution in [2.75, 3.05) is 10.6 Å². The first kappa shape index (κ1) is 16.1. The number of rotatable bonds is 5. The fourth-order valence-electron chi connectivity index (χ4n) is 2.38. The minimum atomic E-state index is -0.236. The van der Waals surface area contributed by atoms with Gasteiger partial charge in [-0.3, -0.25) is 4.79 Å². The lowest BCUT2D eigenvalue weighted by atomic mass is 10.1. The van der Waals surface area contributed by atoms with Crippen LogP contribution in [-0.2, 0) is 4.79 Å². The molecular formula is C17H23N3O2. The highest BCUT2D eigenvalue weighted by Gasteiger charge is 2.14. The zero-order valence-corrected chi connectivity index (χ0v) is 13.1. The van der Waals surface area contributed by atoms with Crippen LogP contribution in [0.3, 0.4) is 0 Å². The zero-order valence-electron chi connectivity index (χ0n) is 13.1. The van der Waals surface area contributed by atoms with E-state index in [1.165, 1.54) is 0 Å². The molecule has 5 nitrogen and oxygen atoms in total. The van der Waals surface area contributed by atoms with Gasteiger partial charge in [-0.15, -0.1) is 0 Å². The van der Waals surface area contributed by atoms with Crippen LogP contribution >= 0.6 is 0 Å². The summed E-state index contributed by atoms with van der Waals surface area (Å²) in [5, 5.41) is 8.37. The Hall–Kier alpha value is -2.30. The molecule has 5 heteroatoms. The SMILES string of the molecule is CC(C)NC(=O)Nc1ccc(NC(=O)CC2C=CCC2)cc1. The van der Waals surface area contributed by atoms with E-state index in [1.54, 1.807) is 24.3 Å². The van der Waals surface area contributed by atoms with E-state index >= 15 is 0 Å². The van der Waals surface area contributed by atoms with E-state index in [-0.39, 0.29) is 18.0 Å². The minimum absolute atomic E-state index is 0.0230. The Balaban J connectivity index is 1.82. The summed E-state index contributed by atoms with van der Waals surface area (Å²) < 4.78 is 0. The minimum Gasteiger partial charge on any atom is -0.336 e. The summed E-state index contributed by atoms with van der Waals surface area (Å²) in [6, 6.07) is 6.96. The highest BCUT2D eigenvalue weighted by molar-refractivity contribution is 5.92. The molecule has 0 spiro atoms. The number of nitrogens with one attached hydrogen (secondary N) is 3. The van der Waals surface area contributed by atoms with Crippen LogP contribution in [0.4, 0.5) is 16.2 Å². The van der Waals surface area contributed by atoms with Crippen molar-refractivity contribution >= 4 is 23.3 Å². The van der Waals surface area contributed by atoms with Gasteiger partial charge < -0.3 is 16.0 Å². The van der Waals surface area contributed by atoms with Crippen molar-refractivity contribution in [3.05, 3.63) is 36.4 Å². The third kappa shape index (κ3) is 5.24. The van der Waals surface area contributed by atoms with Crippen molar-refractivity contribution in [1.82, 2.24) is 5.32 Å². The van der Waals surface area contributed by atoms with E-state index in [0.29, 0.717) is 18.0 Å². The van der Waals surface area contributed by atoms with Crippen molar-refractivity contribution in [2.45, 2.75) is 39.2 Å². The van der Waals surface area contributed by atoms with Crippen LogP contribution in [0.25, 0.3) is 0 Å². The fraction of sp³-hybridized carbons (Fsp3) is 0.412. The first-order chi connectivity index (χ1) is 10.5. The topological polar surface area (TPSA) is 70.2 Å². The van der Waals surface area contributed by atoms with Crippen LogP contribution in [0.5, 0.6) is 0 Å². The van der Waals surface area contributed by atoms with Crippen molar-refractivity contribution in [3.63, 3.8) is 0 Å². The summed E-state index contributed by atoms with van der Waals surface area (Å²) in [5.41, 5.74) is 1.43. The molecule has 3 N–H and O–H groups in total. The molecular weight excluding hydrogens is 278 g/mol. The average molecular weight is 301 g/mol. The molecule has 22 heavy (non-hydrogen) atoms. The first-order valence-electron chi connectivity index (χ1n) is 7.67. The highest BCUT2D eigenvalue weighted by atomic mass is 16.2. The Morgan fingerprint density at radius 2 is 1.77 bits per heavy atom. The Kier molecular flexibility index (Phi) is 5.58. The lowest BCUT2D eigenvalue weighted by Crippen LogP contribution is -2.34. The van der Waals surface area contributed by atoms with Crippen LogP contribution in [0.15, 0.2) is 36.4 Å². The van der Waals surface area contributed by atoms with Gasteiger partial charge in [-0.25, -0.2) is 4.79 Å². The fourth-order valence-corrected chi connectivity index (χ4v) is 2.38. The molecule has 0 bridgehead atoms. The van der Waals surface area contributed by atoms with Gasteiger partial charge in [0.25, 0.3) is 0 Å². The smallest absolute Gasteiger partial charge is 0.319 e. The predicted octanol–water partition coefficient (Wildman–Crippen LogP) is 3.51. The molecule has 0 heterocycles. The summed E-state index contributed by atoms with van der Waals surface area (Å²) in [4.78, 5) is 23.5. The average Bonchev–Trinajstić information content (AvgIpc) is 2.92. The van der Waals surface area contributed by atoms with Gasteiger partial charge in [-0.1, -0.05) is 12.2 Å². The normalized spacial score (nSPS) is 16.6. The Morgan fingerprint density at radius 3 is 2.32 bits per heavy atom. The van der Waals surface area contributed by atoms with Crippen molar-refractivity contribution in [3.8, 4) is 0 Å². The van der Waals surface area contributed by atoms with E-state index < -0.39 is 0 Å². The number of benzene rings is 1. The molecule has 1 aliphatic rings. The largest absolute Gasteiger partial charge is 0.336 e. The molecule has 0 aromatic heterocycles. The molecule has 0 fully saturated rings. The number of hydrogen-bond acceptors (Lipinski definition) is 2. The monoisotopic (exact) mass is 301 g/mol. The third-order valence-corrected chi connectivity index (χ3v) is 3.41. The molecule has 1 aromatic rings. The van der Waals surface area contributed by atoms with E-state index in [1.807, 2.05) is 13.8 Å². The Bertz CT molecular complexity index is 550. The molecule has 0 radical (unpaired) electrons.